The lowest BCUT2D eigenvalue weighted by molar-refractivity contribution is 0.349. The van der Waals surface area contributed by atoms with Gasteiger partial charge in [0.15, 0.2) is 0 Å². The second-order valence-corrected chi connectivity index (χ2v) is 5.17. The smallest absolute Gasteiger partial charge is 0.227 e. The zero-order valence-corrected chi connectivity index (χ0v) is 12.2. The predicted molar refractivity (Wildman–Crippen MR) is 76.9 cm³/mol. The number of hydrogen-bond acceptors (Lipinski definition) is 5. The van der Waals surface area contributed by atoms with Crippen molar-refractivity contribution in [3.05, 3.63) is 18.4 Å². The number of aromatic nitrogens is 4. The Balaban J connectivity index is 1.94. The summed E-state index contributed by atoms with van der Waals surface area (Å²) >= 11 is 0. The highest BCUT2D eigenvalue weighted by atomic mass is 16.5. The van der Waals surface area contributed by atoms with Gasteiger partial charge in [-0.05, 0) is 25.3 Å². The van der Waals surface area contributed by atoms with Gasteiger partial charge in [-0.1, -0.05) is 24.9 Å². The van der Waals surface area contributed by atoms with Crippen LogP contribution in [0.5, 0.6) is 0 Å². The average molecular weight is 277 g/mol. The highest BCUT2D eigenvalue weighted by Gasteiger charge is 2.13. The Kier molecular flexibility index (Phi) is 5.29. The molecule has 0 saturated heterocycles. The molecule has 0 bridgehead atoms. The SMILES string of the molecule is CCCC(CCN)CCc1nc(-c2cncn2C)no1. The molecule has 0 saturated carbocycles. The van der Waals surface area contributed by atoms with Gasteiger partial charge >= 0.3 is 0 Å². The summed E-state index contributed by atoms with van der Waals surface area (Å²) in [5.41, 5.74) is 6.52. The summed E-state index contributed by atoms with van der Waals surface area (Å²) in [4.78, 5) is 8.49. The molecule has 2 heterocycles. The minimum absolute atomic E-state index is 0.603. The monoisotopic (exact) mass is 277 g/mol. The van der Waals surface area contributed by atoms with Gasteiger partial charge in [0.2, 0.25) is 11.7 Å². The van der Waals surface area contributed by atoms with Gasteiger partial charge < -0.3 is 14.8 Å². The molecule has 6 heteroatoms. The van der Waals surface area contributed by atoms with E-state index in [0.717, 1.165) is 31.5 Å². The van der Waals surface area contributed by atoms with Gasteiger partial charge in [0.25, 0.3) is 0 Å². The molecule has 1 unspecified atom stereocenters. The number of rotatable bonds is 8. The Labute approximate surface area is 119 Å². The van der Waals surface area contributed by atoms with E-state index in [4.69, 9.17) is 10.3 Å². The third-order valence-corrected chi connectivity index (χ3v) is 3.55. The zero-order valence-electron chi connectivity index (χ0n) is 12.2. The molecule has 0 spiro atoms. The molecule has 0 aromatic carbocycles. The van der Waals surface area contributed by atoms with Crippen LogP contribution in [0, 0.1) is 5.92 Å². The molecule has 2 aromatic heterocycles. The fraction of sp³-hybridized carbons (Fsp3) is 0.643. The first kappa shape index (κ1) is 14.7. The van der Waals surface area contributed by atoms with Crippen molar-refractivity contribution >= 4 is 0 Å². The number of nitrogens with two attached hydrogens (primary N) is 1. The molecule has 6 nitrogen and oxygen atoms in total. The maximum Gasteiger partial charge on any atom is 0.227 e. The molecular formula is C14H23N5O. The van der Waals surface area contributed by atoms with Crippen molar-refractivity contribution in [1.82, 2.24) is 19.7 Å². The number of nitrogens with zero attached hydrogens (tertiary/aromatic N) is 4. The predicted octanol–water partition coefficient (Wildman–Crippen LogP) is 2.17. The number of imidazole rings is 1. The minimum Gasteiger partial charge on any atom is -0.339 e. The molecule has 110 valence electrons. The Morgan fingerprint density at radius 3 is 2.85 bits per heavy atom. The third-order valence-electron chi connectivity index (χ3n) is 3.55. The third kappa shape index (κ3) is 3.66. The minimum atomic E-state index is 0.603. The van der Waals surface area contributed by atoms with Crippen molar-refractivity contribution in [1.29, 1.82) is 0 Å². The molecular weight excluding hydrogens is 254 g/mol. The van der Waals surface area contributed by atoms with E-state index in [-0.39, 0.29) is 0 Å². The second kappa shape index (κ2) is 7.19. The van der Waals surface area contributed by atoms with Crippen LogP contribution in [-0.2, 0) is 13.5 Å². The van der Waals surface area contributed by atoms with Crippen LogP contribution in [0.4, 0.5) is 0 Å². The first-order valence-electron chi connectivity index (χ1n) is 7.24. The molecule has 0 amide bonds. The average Bonchev–Trinajstić information content (AvgIpc) is 3.05. The fourth-order valence-corrected chi connectivity index (χ4v) is 2.44. The second-order valence-electron chi connectivity index (χ2n) is 5.17. The zero-order chi connectivity index (χ0) is 14.4. The summed E-state index contributed by atoms with van der Waals surface area (Å²) in [6.45, 7) is 2.95. The lowest BCUT2D eigenvalue weighted by Gasteiger charge is -2.13. The fourth-order valence-electron chi connectivity index (χ4n) is 2.44. The molecule has 1 atom stereocenters. The molecule has 2 rings (SSSR count). The van der Waals surface area contributed by atoms with Gasteiger partial charge in [-0.15, -0.1) is 0 Å². The van der Waals surface area contributed by atoms with Crippen molar-refractivity contribution in [2.45, 2.75) is 39.0 Å². The van der Waals surface area contributed by atoms with E-state index in [1.165, 1.54) is 12.8 Å². The molecule has 2 N–H and O–H groups in total. The van der Waals surface area contributed by atoms with Crippen LogP contribution in [0.3, 0.4) is 0 Å². The van der Waals surface area contributed by atoms with E-state index in [0.29, 0.717) is 17.6 Å². The summed E-state index contributed by atoms with van der Waals surface area (Å²) < 4.78 is 7.19. The summed E-state index contributed by atoms with van der Waals surface area (Å²) in [5, 5.41) is 4.02. The molecule has 20 heavy (non-hydrogen) atoms. The summed E-state index contributed by atoms with van der Waals surface area (Å²) in [7, 11) is 1.91. The van der Waals surface area contributed by atoms with Crippen LogP contribution in [0.15, 0.2) is 17.0 Å². The van der Waals surface area contributed by atoms with Crippen LogP contribution in [-0.4, -0.2) is 26.2 Å². The maximum absolute atomic E-state index is 5.65. The van der Waals surface area contributed by atoms with E-state index in [2.05, 4.69) is 22.0 Å². The number of hydrogen-bond donors (Lipinski definition) is 1. The Hall–Kier alpha value is -1.69. The van der Waals surface area contributed by atoms with Gasteiger partial charge in [0.1, 0.15) is 5.69 Å². The summed E-state index contributed by atoms with van der Waals surface area (Å²) in [5.74, 6) is 1.95. The van der Waals surface area contributed by atoms with Gasteiger partial charge in [0, 0.05) is 13.5 Å². The Morgan fingerprint density at radius 2 is 2.20 bits per heavy atom. The molecule has 2 aromatic rings. The standard InChI is InChI=1S/C14H23N5O/c1-3-4-11(7-8-15)5-6-13-17-14(18-20-13)12-9-16-10-19(12)2/h9-11H,3-8,15H2,1-2H3. The normalized spacial score (nSPS) is 12.8. The van der Waals surface area contributed by atoms with Crippen molar-refractivity contribution < 1.29 is 4.52 Å². The van der Waals surface area contributed by atoms with E-state index in [1.807, 2.05) is 11.6 Å². The van der Waals surface area contributed by atoms with Crippen LogP contribution in [0.25, 0.3) is 11.5 Å². The van der Waals surface area contributed by atoms with Crippen LogP contribution < -0.4 is 5.73 Å². The van der Waals surface area contributed by atoms with Crippen molar-refractivity contribution in [3.8, 4) is 11.5 Å². The van der Waals surface area contributed by atoms with Crippen LogP contribution >= 0.6 is 0 Å². The highest BCUT2D eigenvalue weighted by Crippen LogP contribution is 2.19. The van der Waals surface area contributed by atoms with Crippen molar-refractivity contribution in [2.24, 2.45) is 18.7 Å². The van der Waals surface area contributed by atoms with Crippen LogP contribution in [0.2, 0.25) is 0 Å². The first-order valence-corrected chi connectivity index (χ1v) is 7.24. The topological polar surface area (TPSA) is 82.8 Å². The summed E-state index contributed by atoms with van der Waals surface area (Å²) in [6.07, 6.45) is 8.80. The van der Waals surface area contributed by atoms with Crippen molar-refractivity contribution in [2.75, 3.05) is 6.54 Å². The van der Waals surface area contributed by atoms with Gasteiger partial charge in [-0.25, -0.2) is 4.98 Å². The number of aryl methyl sites for hydroxylation is 2. The molecule has 0 aliphatic carbocycles. The van der Waals surface area contributed by atoms with E-state index < -0.39 is 0 Å². The Bertz CT molecular complexity index is 513. The first-order chi connectivity index (χ1) is 9.74. The summed E-state index contributed by atoms with van der Waals surface area (Å²) in [6, 6.07) is 0. The maximum atomic E-state index is 5.65. The van der Waals surface area contributed by atoms with E-state index in [1.54, 1.807) is 12.5 Å². The van der Waals surface area contributed by atoms with Crippen molar-refractivity contribution in [3.63, 3.8) is 0 Å². The van der Waals surface area contributed by atoms with Crippen LogP contribution in [0.1, 0.15) is 38.5 Å². The van der Waals surface area contributed by atoms with E-state index >= 15 is 0 Å². The quantitative estimate of drug-likeness (QED) is 0.799. The lowest BCUT2D eigenvalue weighted by Crippen LogP contribution is -2.09. The lowest BCUT2D eigenvalue weighted by atomic mass is 9.94. The molecule has 0 aliphatic heterocycles. The molecule has 0 radical (unpaired) electrons. The van der Waals surface area contributed by atoms with Gasteiger partial charge in [-0.2, -0.15) is 4.98 Å². The highest BCUT2D eigenvalue weighted by molar-refractivity contribution is 5.46. The largest absolute Gasteiger partial charge is 0.339 e. The van der Waals surface area contributed by atoms with Gasteiger partial charge in [0.05, 0.1) is 12.5 Å². The molecule has 0 fully saturated rings. The van der Waals surface area contributed by atoms with E-state index in [9.17, 15) is 0 Å². The van der Waals surface area contributed by atoms with Gasteiger partial charge in [-0.3, -0.25) is 0 Å². The molecule has 0 aliphatic rings. The Morgan fingerprint density at radius 1 is 1.35 bits per heavy atom.